The summed E-state index contributed by atoms with van der Waals surface area (Å²) in [5.74, 6) is -0.886. The lowest BCUT2D eigenvalue weighted by Gasteiger charge is -2.12. The molecule has 0 unspecified atom stereocenters. The smallest absolute Gasteiger partial charge is 0.259 e. The van der Waals surface area contributed by atoms with Crippen molar-refractivity contribution < 1.29 is 13.9 Å². The lowest BCUT2D eigenvalue weighted by molar-refractivity contribution is 0.102. The number of carbonyl (C=O) groups excluding carboxylic acids is 1. The second-order valence-corrected chi connectivity index (χ2v) is 6.82. The molecular formula is C17H17FIN3O2. The first-order valence-electron chi connectivity index (χ1n) is 6.86. The molecule has 0 saturated carbocycles. The predicted octanol–water partition coefficient (Wildman–Crippen LogP) is 3.55. The number of aromatic nitrogens is 1. The van der Waals surface area contributed by atoms with E-state index in [4.69, 9.17) is 10.5 Å². The van der Waals surface area contributed by atoms with Crippen molar-refractivity contribution in [1.29, 1.82) is 0 Å². The maximum atomic E-state index is 14.3. The van der Waals surface area contributed by atoms with Crippen molar-refractivity contribution in [2.24, 2.45) is 0 Å². The summed E-state index contributed by atoms with van der Waals surface area (Å²) in [7, 11) is 1.50. The number of benzene rings is 1. The number of nitrogens with zero attached hydrogens (tertiary/aromatic N) is 1. The van der Waals surface area contributed by atoms with Crippen LogP contribution in [0.25, 0.3) is 5.76 Å². The molecule has 0 fully saturated rings. The van der Waals surface area contributed by atoms with Gasteiger partial charge in [0, 0.05) is 14.8 Å². The molecule has 2 aromatic rings. The van der Waals surface area contributed by atoms with Gasteiger partial charge in [-0.15, -0.1) is 0 Å². The van der Waals surface area contributed by atoms with Gasteiger partial charge in [-0.2, -0.15) is 0 Å². The number of methoxy groups -OCH3 is 1. The fourth-order valence-electron chi connectivity index (χ4n) is 2.08. The summed E-state index contributed by atoms with van der Waals surface area (Å²) >= 11 is -0.733. The molecule has 0 aliphatic carbocycles. The Labute approximate surface area is 149 Å². The lowest BCUT2D eigenvalue weighted by atomic mass is 10.1. The number of rotatable bonds is 5. The van der Waals surface area contributed by atoms with Crippen molar-refractivity contribution in [3.8, 4) is 0 Å². The minimum atomic E-state index is -0.733. The second-order valence-electron chi connectivity index (χ2n) is 4.90. The molecule has 7 heteroatoms. The molecule has 5 nitrogen and oxygen atoms in total. The number of amides is 1. The molecule has 24 heavy (non-hydrogen) atoms. The number of nitrogen functional groups attached to an aromatic ring is 1. The number of nitrogens with one attached hydrogen (secondary N) is 1. The largest absolute Gasteiger partial charge is 0.497 e. The van der Waals surface area contributed by atoms with E-state index >= 15 is 0 Å². The Morgan fingerprint density at radius 2 is 2.17 bits per heavy atom. The van der Waals surface area contributed by atoms with Crippen molar-refractivity contribution in [2.45, 2.75) is 6.92 Å². The Bertz CT molecular complexity index is 837. The van der Waals surface area contributed by atoms with Crippen LogP contribution in [0.3, 0.4) is 0 Å². The number of hydrogen-bond donors (Lipinski definition) is 2. The lowest BCUT2D eigenvalue weighted by Crippen LogP contribution is -2.17. The van der Waals surface area contributed by atoms with Crippen molar-refractivity contribution in [1.82, 2.24) is 4.98 Å². The van der Waals surface area contributed by atoms with Crippen LogP contribution >= 0.6 is 20.7 Å². The third-order valence-corrected chi connectivity index (χ3v) is 5.10. The fraction of sp³-hybridized carbons (Fsp3) is 0.118. The minimum absolute atomic E-state index is 0.0644. The molecule has 0 radical (unpaired) electrons. The average Bonchev–Trinajstić information content (AvgIpc) is 2.57. The van der Waals surface area contributed by atoms with Gasteiger partial charge >= 0.3 is 0 Å². The first-order valence-corrected chi connectivity index (χ1v) is 9.47. The van der Waals surface area contributed by atoms with Gasteiger partial charge < -0.3 is 15.8 Å². The quantitative estimate of drug-likeness (QED) is 0.423. The van der Waals surface area contributed by atoms with Crippen molar-refractivity contribution in [2.75, 3.05) is 18.2 Å². The van der Waals surface area contributed by atoms with Crippen LogP contribution in [0.15, 0.2) is 31.0 Å². The normalized spacial score (nSPS) is 10.3. The van der Waals surface area contributed by atoms with Gasteiger partial charge in [-0.1, -0.05) is 31.8 Å². The van der Waals surface area contributed by atoms with Crippen LogP contribution in [0.1, 0.15) is 21.6 Å². The minimum Gasteiger partial charge on any atom is -0.497 e. The second kappa shape index (κ2) is 7.52. The maximum Gasteiger partial charge on any atom is 0.259 e. The molecule has 0 aliphatic heterocycles. The molecule has 2 rings (SSSR count). The first-order chi connectivity index (χ1) is 11.4. The Morgan fingerprint density at radius 3 is 2.79 bits per heavy atom. The summed E-state index contributed by atoms with van der Waals surface area (Å²) in [6.07, 6.45) is 1.49. The van der Waals surface area contributed by atoms with Gasteiger partial charge in [-0.25, -0.2) is 4.39 Å². The Morgan fingerprint density at radius 1 is 1.46 bits per heavy atom. The standard InChI is InChI=1S/C17H17FIN3O2/c1-9-12(10(2)24-4)7-11(8-21-9)22-17(23)15-13(19-3)5-6-14(20)16(15)18/h5-8H,2-3,20H2,1,4H3,(H,22,23). The number of halogens is 2. The maximum absolute atomic E-state index is 14.3. The van der Waals surface area contributed by atoms with E-state index in [1.807, 2.05) is 0 Å². The predicted molar refractivity (Wildman–Crippen MR) is 104 cm³/mol. The molecule has 3 N–H and O–H groups in total. The summed E-state index contributed by atoms with van der Waals surface area (Å²) in [5, 5.41) is 2.64. The zero-order valence-corrected chi connectivity index (χ0v) is 15.5. The van der Waals surface area contributed by atoms with Crippen molar-refractivity contribution in [3.05, 3.63) is 57.2 Å². The summed E-state index contributed by atoms with van der Waals surface area (Å²) < 4.78 is 23.8. The van der Waals surface area contributed by atoms with Crippen LogP contribution in [0.2, 0.25) is 0 Å². The van der Waals surface area contributed by atoms with Crippen LogP contribution in [0.4, 0.5) is 15.8 Å². The molecule has 0 bridgehead atoms. The zero-order chi connectivity index (χ0) is 17.9. The molecule has 0 spiro atoms. The Hall–Kier alpha value is -2.29. The van der Waals surface area contributed by atoms with E-state index in [1.54, 1.807) is 19.1 Å². The van der Waals surface area contributed by atoms with Gasteiger partial charge in [-0.3, -0.25) is 9.78 Å². The highest BCUT2D eigenvalue weighted by Crippen LogP contribution is 2.25. The highest BCUT2D eigenvalue weighted by atomic mass is 127. The van der Waals surface area contributed by atoms with E-state index in [1.165, 1.54) is 19.4 Å². The Balaban J connectivity index is 2.39. The monoisotopic (exact) mass is 441 g/mol. The number of aryl methyl sites for hydroxylation is 1. The summed E-state index contributed by atoms with van der Waals surface area (Å²) in [6, 6.07) is 4.76. The van der Waals surface area contributed by atoms with Gasteiger partial charge in [0.2, 0.25) is 0 Å². The Kier molecular flexibility index (Phi) is 5.66. The summed E-state index contributed by atoms with van der Waals surface area (Å²) in [4.78, 5) is 16.7. The highest BCUT2D eigenvalue weighted by molar-refractivity contribution is 14.2. The highest BCUT2D eigenvalue weighted by Gasteiger charge is 2.19. The van der Waals surface area contributed by atoms with Crippen LogP contribution in [-0.4, -0.2) is 22.5 Å². The molecule has 0 saturated heterocycles. The third kappa shape index (κ3) is 3.61. The summed E-state index contributed by atoms with van der Waals surface area (Å²) in [6.45, 7) is 5.58. The van der Waals surface area contributed by atoms with Gasteiger partial charge in [0.1, 0.15) is 5.76 Å². The number of pyridine rings is 1. The number of hydrogen-bond acceptors (Lipinski definition) is 4. The third-order valence-electron chi connectivity index (χ3n) is 3.38. The first kappa shape index (κ1) is 18.1. The fourth-order valence-corrected chi connectivity index (χ4v) is 3.37. The molecule has 1 heterocycles. The van der Waals surface area contributed by atoms with Crippen LogP contribution in [0.5, 0.6) is 0 Å². The van der Waals surface area contributed by atoms with Gasteiger partial charge in [0.15, 0.2) is 5.82 Å². The van der Waals surface area contributed by atoms with Crippen LogP contribution < -0.4 is 11.1 Å². The molecule has 126 valence electrons. The molecule has 1 aromatic heterocycles. The molecule has 1 amide bonds. The van der Waals surface area contributed by atoms with E-state index < -0.39 is 32.5 Å². The van der Waals surface area contributed by atoms with Gasteiger partial charge in [0.05, 0.1) is 30.2 Å². The molecule has 0 atom stereocenters. The molecular weight excluding hydrogens is 424 g/mol. The SMILES string of the molecule is C=Ic1ccc(N)c(F)c1C(=O)Nc1cnc(C)c(C(=C)OC)c1. The van der Waals surface area contributed by atoms with Crippen LogP contribution in [0, 0.1) is 16.3 Å². The number of anilines is 2. The van der Waals surface area contributed by atoms with E-state index in [0.29, 0.717) is 26.3 Å². The van der Waals surface area contributed by atoms with E-state index in [-0.39, 0.29) is 11.3 Å². The van der Waals surface area contributed by atoms with Crippen molar-refractivity contribution in [3.63, 3.8) is 0 Å². The summed E-state index contributed by atoms with van der Waals surface area (Å²) in [5.41, 5.74) is 7.22. The molecule has 1 aromatic carbocycles. The van der Waals surface area contributed by atoms with Crippen LogP contribution in [-0.2, 0) is 4.74 Å². The number of nitrogens with two attached hydrogens (primary N) is 1. The topological polar surface area (TPSA) is 77.2 Å². The zero-order valence-electron chi connectivity index (χ0n) is 13.3. The number of ether oxygens (including phenoxy) is 1. The van der Waals surface area contributed by atoms with Crippen molar-refractivity contribution >= 4 is 48.3 Å². The van der Waals surface area contributed by atoms with Gasteiger partial charge in [0.25, 0.3) is 5.91 Å². The average molecular weight is 441 g/mol. The number of carbonyl (C=O) groups is 1. The molecule has 0 aliphatic rings. The van der Waals surface area contributed by atoms with E-state index in [9.17, 15) is 9.18 Å². The van der Waals surface area contributed by atoms with E-state index in [2.05, 4.69) is 21.4 Å². The van der Waals surface area contributed by atoms with E-state index in [0.717, 1.165) is 0 Å². The van der Waals surface area contributed by atoms with Gasteiger partial charge in [-0.05, 0) is 25.1 Å².